The van der Waals surface area contributed by atoms with Gasteiger partial charge in [0.2, 0.25) is 0 Å². The van der Waals surface area contributed by atoms with E-state index in [0.717, 1.165) is 18.4 Å². The molecule has 0 bridgehead atoms. The molecular formula is C10H19N. The largest absolute Gasteiger partial charge is 0.386 e. The van der Waals surface area contributed by atoms with E-state index in [1.54, 1.807) is 0 Å². The van der Waals surface area contributed by atoms with Crippen LogP contribution in [0, 0.1) is 5.92 Å². The summed E-state index contributed by atoms with van der Waals surface area (Å²) in [6, 6.07) is 0.751. The molecule has 1 saturated carbocycles. The van der Waals surface area contributed by atoms with Crippen LogP contribution in [0.25, 0.3) is 0 Å². The summed E-state index contributed by atoms with van der Waals surface area (Å²) in [4.78, 5) is 0. The van der Waals surface area contributed by atoms with E-state index in [4.69, 9.17) is 0 Å². The number of hydrogen-bond acceptors (Lipinski definition) is 1. The van der Waals surface area contributed by atoms with E-state index in [1.807, 2.05) is 0 Å². The van der Waals surface area contributed by atoms with Gasteiger partial charge in [-0.25, -0.2) is 0 Å². The third-order valence-electron chi connectivity index (χ3n) is 2.17. The first-order valence-electron chi connectivity index (χ1n) is 4.63. The molecule has 0 aromatic rings. The molecule has 0 saturated heterocycles. The van der Waals surface area contributed by atoms with Crippen molar-refractivity contribution in [1.29, 1.82) is 0 Å². The molecule has 0 radical (unpaired) electrons. The van der Waals surface area contributed by atoms with E-state index in [9.17, 15) is 0 Å². The van der Waals surface area contributed by atoms with Crippen molar-refractivity contribution in [2.45, 2.75) is 45.6 Å². The summed E-state index contributed by atoms with van der Waals surface area (Å²) in [6.07, 6.45) is 5.21. The molecule has 64 valence electrons. The molecule has 0 unspecified atom stereocenters. The van der Waals surface area contributed by atoms with Crippen molar-refractivity contribution in [3.63, 3.8) is 0 Å². The smallest absolute Gasteiger partial charge is 0.0258 e. The van der Waals surface area contributed by atoms with Crippen LogP contribution < -0.4 is 5.32 Å². The fourth-order valence-electron chi connectivity index (χ4n) is 1.39. The highest BCUT2D eigenvalue weighted by atomic mass is 14.9. The van der Waals surface area contributed by atoms with Gasteiger partial charge in [0.25, 0.3) is 0 Å². The van der Waals surface area contributed by atoms with Gasteiger partial charge in [0.1, 0.15) is 0 Å². The Bertz CT molecular complexity index is 134. The van der Waals surface area contributed by atoms with Gasteiger partial charge in [-0.3, -0.25) is 0 Å². The highest BCUT2D eigenvalue weighted by molar-refractivity contribution is 4.96. The molecule has 0 aromatic heterocycles. The van der Waals surface area contributed by atoms with Gasteiger partial charge in [0.05, 0.1) is 0 Å². The molecule has 1 nitrogen and oxygen atoms in total. The Hall–Kier alpha value is -0.460. The fraction of sp³-hybridized carbons (Fsp3) is 0.800. The van der Waals surface area contributed by atoms with Crippen molar-refractivity contribution in [2.24, 2.45) is 5.92 Å². The molecule has 0 aromatic carbocycles. The van der Waals surface area contributed by atoms with Crippen LogP contribution in [0.15, 0.2) is 12.3 Å². The second kappa shape index (κ2) is 3.80. The first-order chi connectivity index (χ1) is 5.18. The van der Waals surface area contributed by atoms with Gasteiger partial charge in [0, 0.05) is 11.7 Å². The first kappa shape index (κ1) is 8.63. The molecule has 0 aliphatic heterocycles. The standard InChI is InChI=1S/C10H19N/c1-8(2)7-9(3)11-10-5-4-6-10/h8,10-11H,3-7H2,1-2H3. The normalized spacial score (nSPS) is 18.1. The molecule has 1 N–H and O–H groups in total. The molecule has 0 atom stereocenters. The highest BCUT2D eigenvalue weighted by Gasteiger charge is 2.16. The molecule has 1 aliphatic rings. The van der Waals surface area contributed by atoms with Crippen LogP contribution in [0.2, 0.25) is 0 Å². The SMILES string of the molecule is C=C(CC(C)C)NC1CCC1. The van der Waals surface area contributed by atoms with E-state index < -0.39 is 0 Å². The Kier molecular flexibility index (Phi) is 2.98. The highest BCUT2D eigenvalue weighted by Crippen LogP contribution is 2.20. The van der Waals surface area contributed by atoms with Gasteiger partial charge in [-0.05, 0) is 31.6 Å². The predicted octanol–water partition coefficient (Wildman–Crippen LogP) is 2.69. The maximum atomic E-state index is 4.01. The maximum Gasteiger partial charge on any atom is 0.0258 e. The molecule has 11 heavy (non-hydrogen) atoms. The third kappa shape index (κ3) is 2.96. The average Bonchev–Trinajstić information content (AvgIpc) is 1.77. The van der Waals surface area contributed by atoms with E-state index in [2.05, 4.69) is 25.7 Å². The number of allylic oxidation sites excluding steroid dienone is 1. The van der Waals surface area contributed by atoms with E-state index in [-0.39, 0.29) is 0 Å². The molecule has 1 rings (SSSR count). The maximum absolute atomic E-state index is 4.01. The Morgan fingerprint density at radius 3 is 2.55 bits per heavy atom. The summed E-state index contributed by atoms with van der Waals surface area (Å²) in [5, 5.41) is 3.45. The average molecular weight is 153 g/mol. The number of hydrogen-bond donors (Lipinski definition) is 1. The van der Waals surface area contributed by atoms with Crippen LogP contribution >= 0.6 is 0 Å². The summed E-state index contributed by atoms with van der Waals surface area (Å²) in [7, 11) is 0. The zero-order chi connectivity index (χ0) is 8.27. The van der Waals surface area contributed by atoms with Crippen molar-refractivity contribution in [2.75, 3.05) is 0 Å². The summed E-state index contributed by atoms with van der Waals surface area (Å²) in [5.41, 5.74) is 1.23. The topological polar surface area (TPSA) is 12.0 Å². The lowest BCUT2D eigenvalue weighted by atomic mass is 9.92. The summed E-state index contributed by atoms with van der Waals surface area (Å²) >= 11 is 0. The quantitative estimate of drug-likeness (QED) is 0.654. The number of rotatable bonds is 4. The summed E-state index contributed by atoms with van der Waals surface area (Å²) < 4.78 is 0. The Morgan fingerprint density at radius 2 is 2.18 bits per heavy atom. The van der Waals surface area contributed by atoms with E-state index in [0.29, 0.717) is 0 Å². The van der Waals surface area contributed by atoms with Gasteiger partial charge in [-0.15, -0.1) is 0 Å². The van der Waals surface area contributed by atoms with Crippen molar-refractivity contribution < 1.29 is 0 Å². The van der Waals surface area contributed by atoms with Gasteiger partial charge in [-0.1, -0.05) is 20.4 Å². The second-order valence-corrected chi connectivity index (χ2v) is 3.97. The lowest BCUT2D eigenvalue weighted by Crippen LogP contribution is -2.34. The predicted molar refractivity (Wildman–Crippen MR) is 49.4 cm³/mol. The fourth-order valence-corrected chi connectivity index (χ4v) is 1.39. The first-order valence-corrected chi connectivity index (χ1v) is 4.63. The van der Waals surface area contributed by atoms with Crippen LogP contribution in [0.1, 0.15) is 39.5 Å². The van der Waals surface area contributed by atoms with Gasteiger partial charge in [0.15, 0.2) is 0 Å². The van der Waals surface area contributed by atoms with Crippen LogP contribution in [0.4, 0.5) is 0 Å². The molecule has 0 heterocycles. The van der Waals surface area contributed by atoms with Crippen molar-refractivity contribution in [3.8, 4) is 0 Å². The van der Waals surface area contributed by atoms with Gasteiger partial charge < -0.3 is 5.32 Å². The lowest BCUT2D eigenvalue weighted by Gasteiger charge is -2.28. The molecule has 0 amide bonds. The van der Waals surface area contributed by atoms with Crippen molar-refractivity contribution in [1.82, 2.24) is 5.32 Å². The Labute approximate surface area is 69.9 Å². The zero-order valence-electron chi connectivity index (χ0n) is 7.69. The second-order valence-electron chi connectivity index (χ2n) is 3.97. The van der Waals surface area contributed by atoms with E-state index in [1.165, 1.54) is 25.0 Å². The van der Waals surface area contributed by atoms with Crippen LogP contribution in [-0.2, 0) is 0 Å². The Balaban J connectivity index is 2.09. The van der Waals surface area contributed by atoms with Crippen molar-refractivity contribution >= 4 is 0 Å². The summed E-state index contributed by atoms with van der Waals surface area (Å²) in [6.45, 7) is 8.47. The van der Waals surface area contributed by atoms with E-state index >= 15 is 0 Å². The molecular weight excluding hydrogens is 134 g/mol. The number of nitrogens with one attached hydrogen (secondary N) is 1. The zero-order valence-corrected chi connectivity index (χ0v) is 7.69. The molecule has 1 aliphatic carbocycles. The van der Waals surface area contributed by atoms with Crippen LogP contribution in [-0.4, -0.2) is 6.04 Å². The molecule has 1 heteroatoms. The lowest BCUT2D eigenvalue weighted by molar-refractivity contribution is 0.357. The molecule has 1 fully saturated rings. The van der Waals surface area contributed by atoms with Crippen LogP contribution in [0.3, 0.4) is 0 Å². The van der Waals surface area contributed by atoms with Crippen molar-refractivity contribution in [3.05, 3.63) is 12.3 Å². The van der Waals surface area contributed by atoms with Crippen LogP contribution in [0.5, 0.6) is 0 Å². The third-order valence-corrected chi connectivity index (χ3v) is 2.17. The minimum atomic E-state index is 0.732. The summed E-state index contributed by atoms with van der Waals surface area (Å²) in [5.74, 6) is 0.732. The molecule has 0 spiro atoms. The monoisotopic (exact) mass is 153 g/mol. The van der Waals surface area contributed by atoms with Gasteiger partial charge >= 0.3 is 0 Å². The Morgan fingerprint density at radius 1 is 1.55 bits per heavy atom. The van der Waals surface area contributed by atoms with Gasteiger partial charge in [-0.2, -0.15) is 0 Å². The minimum Gasteiger partial charge on any atom is -0.386 e. The minimum absolute atomic E-state index is 0.732.